The highest BCUT2D eigenvalue weighted by Gasteiger charge is 2.37. The van der Waals surface area contributed by atoms with E-state index in [0.29, 0.717) is 0 Å². The van der Waals surface area contributed by atoms with E-state index < -0.39 is 19.8 Å². The van der Waals surface area contributed by atoms with Crippen LogP contribution in [0.3, 0.4) is 0 Å². The molecule has 1 unspecified atom stereocenters. The number of carbonyl (C=O) groups excluding carboxylic acids is 1. The summed E-state index contributed by atoms with van der Waals surface area (Å²) in [6.07, 6.45) is -0.687. The molecule has 0 bridgehead atoms. The van der Waals surface area contributed by atoms with Crippen molar-refractivity contribution in [3.63, 3.8) is 0 Å². The zero-order valence-electron chi connectivity index (χ0n) is 14.8. The Morgan fingerprint density at radius 3 is 2.10 bits per heavy atom. The summed E-state index contributed by atoms with van der Waals surface area (Å²) in [6.45, 7) is 14.8. The first kappa shape index (κ1) is 20.6. The Kier molecular flexibility index (Phi) is 7.56. The highest BCUT2D eigenvalue weighted by atomic mass is 28.4. The molecule has 6 heteroatoms. The van der Waals surface area contributed by atoms with E-state index in [1.807, 2.05) is 0 Å². The molecule has 0 heterocycles. The number of hydrogen-bond acceptors (Lipinski definition) is 5. The molecule has 0 aromatic heterocycles. The van der Waals surface area contributed by atoms with Gasteiger partial charge in [0.15, 0.2) is 8.32 Å². The van der Waals surface area contributed by atoms with Crippen molar-refractivity contribution in [2.24, 2.45) is 5.41 Å². The van der Waals surface area contributed by atoms with Crippen molar-refractivity contribution < 1.29 is 23.8 Å². The largest absolute Gasteiger partial charge is 0.469 e. The highest BCUT2D eigenvalue weighted by molar-refractivity contribution is 6.74. The minimum Gasteiger partial charge on any atom is -0.469 e. The van der Waals surface area contributed by atoms with Gasteiger partial charge in [-0.3, -0.25) is 4.79 Å². The lowest BCUT2D eigenvalue weighted by Crippen LogP contribution is -2.43. The molecule has 0 aliphatic rings. The highest BCUT2D eigenvalue weighted by Crippen LogP contribution is 2.36. The summed E-state index contributed by atoms with van der Waals surface area (Å²) >= 11 is 0. The first-order valence-electron chi connectivity index (χ1n) is 7.31. The number of esters is 1. The van der Waals surface area contributed by atoms with E-state index in [2.05, 4.69) is 33.9 Å². The summed E-state index contributed by atoms with van der Waals surface area (Å²) in [6, 6.07) is 0. The minimum absolute atomic E-state index is 0.112. The van der Waals surface area contributed by atoms with Crippen LogP contribution in [-0.4, -0.2) is 52.4 Å². The fraction of sp³-hybridized carbons (Fsp3) is 0.933. The molecule has 0 amide bonds. The fourth-order valence-corrected chi connectivity index (χ4v) is 2.40. The molecule has 0 radical (unpaired) electrons. The SMILES string of the molecule is COC(=O)C(C)(C)COCC(O)CO[Si](C)(C)C(C)(C)C. The quantitative estimate of drug-likeness (QED) is 0.550. The molecule has 5 nitrogen and oxygen atoms in total. The monoisotopic (exact) mass is 320 g/mol. The maximum absolute atomic E-state index is 11.5. The number of rotatable bonds is 8. The van der Waals surface area contributed by atoms with Crippen LogP contribution >= 0.6 is 0 Å². The molecule has 126 valence electrons. The zero-order chi connectivity index (χ0) is 16.9. The molecule has 0 aromatic rings. The number of aliphatic hydroxyl groups is 1. The van der Waals surface area contributed by atoms with E-state index in [-0.39, 0.29) is 30.8 Å². The average molecular weight is 321 g/mol. The van der Waals surface area contributed by atoms with E-state index in [9.17, 15) is 9.90 Å². The topological polar surface area (TPSA) is 65.0 Å². The molecule has 0 saturated heterocycles. The first-order valence-corrected chi connectivity index (χ1v) is 10.2. The van der Waals surface area contributed by atoms with Gasteiger partial charge < -0.3 is 19.0 Å². The zero-order valence-corrected chi connectivity index (χ0v) is 15.8. The molecule has 0 aromatic carbocycles. The van der Waals surface area contributed by atoms with Crippen LogP contribution in [0.4, 0.5) is 0 Å². The predicted octanol–water partition coefficient (Wildman–Crippen LogP) is 2.58. The van der Waals surface area contributed by atoms with Gasteiger partial charge in [0.05, 0.1) is 38.4 Å². The predicted molar refractivity (Wildman–Crippen MR) is 85.8 cm³/mol. The van der Waals surface area contributed by atoms with Crippen LogP contribution in [0.2, 0.25) is 18.1 Å². The second-order valence-corrected chi connectivity index (χ2v) is 12.4. The molecule has 1 atom stereocenters. The lowest BCUT2D eigenvalue weighted by Gasteiger charge is -2.36. The van der Waals surface area contributed by atoms with Crippen LogP contribution < -0.4 is 0 Å². The maximum atomic E-state index is 11.5. The van der Waals surface area contributed by atoms with Gasteiger partial charge in [0.1, 0.15) is 0 Å². The Balaban J connectivity index is 4.13. The summed E-state index contributed by atoms with van der Waals surface area (Å²) in [7, 11) is -0.504. The normalized spacial score (nSPS) is 14.9. The lowest BCUT2D eigenvalue weighted by molar-refractivity contribution is -0.155. The summed E-state index contributed by atoms with van der Waals surface area (Å²) in [4.78, 5) is 11.5. The summed E-state index contributed by atoms with van der Waals surface area (Å²) in [5, 5.41) is 10.0. The van der Waals surface area contributed by atoms with Crippen LogP contribution in [0.1, 0.15) is 34.6 Å². The minimum atomic E-state index is -1.86. The van der Waals surface area contributed by atoms with Crippen molar-refractivity contribution in [3.8, 4) is 0 Å². The van der Waals surface area contributed by atoms with Gasteiger partial charge in [0.25, 0.3) is 0 Å². The number of aliphatic hydroxyl groups excluding tert-OH is 1. The van der Waals surface area contributed by atoms with Crippen LogP contribution in [0.5, 0.6) is 0 Å². The molecule has 0 aliphatic heterocycles. The first-order chi connectivity index (χ1) is 9.33. The van der Waals surface area contributed by atoms with Gasteiger partial charge in [0, 0.05) is 0 Å². The van der Waals surface area contributed by atoms with Gasteiger partial charge in [0.2, 0.25) is 0 Å². The van der Waals surface area contributed by atoms with Gasteiger partial charge in [-0.15, -0.1) is 0 Å². The van der Waals surface area contributed by atoms with E-state index in [1.54, 1.807) is 13.8 Å². The van der Waals surface area contributed by atoms with Crippen molar-refractivity contribution in [1.82, 2.24) is 0 Å². The molecule has 0 spiro atoms. The van der Waals surface area contributed by atoms with E-state index >= 15 is 0 Å². The maximum Gasteiger partial charge on any atom is 0.313 e. The van der Waals surface area contributed by atoms with Crippen LogP contribution in [-0.2, 0) is 18.7 Å². The average Bonchev–Trinajstić information content (AvgIpc) is 2.33. The standard InChI is InChI=1S/C15H32O5Si/c1-14(2,3)21(7,8)20-10-12(16)9-19-11-15(4,5)13(17)18-6/h12,16H,9-11H2,1-8H3. The number of methoxy groups -OCH3 is 1. The van der Waals surface area contributed by atoms with Crippen molar-refractivity contribution >= 4 is 14.3 Å². The third kappa shape index (κ3) is 6.91. The third-order valence-electron chi connectivity index (χ3n) is 3.95. The second kappa shape index (κ2) is 7.72. The van der Waals surface area contributed by atoms with E-state index in [1.165, 1.54) is 7.11 Å². The second-order valence-electron chi connectivity index (χ2n) is 7.62. The van der Waals surface area contributed by atoms with Gasteiger partial charge in [-0.1, -0.05) is 20.8 Å². The smallest absolute Gasteiger partial charge is 0.313 e. The van der Waals surface area contributed by atoms with Crippen LogP contribution in [0.15, 0.2) is 0 Å². The number of ether oxygens (including phenoxy) is 2. The Labute approximate surface area is 130 Å². The molecule has 1 N–H and O–H groups in total. The molecule has 21 heavy (non-hydrogen) atoms. The van der Waals surface area contributed by atoms with Crippen molar-refractivity contribution in [2.75, 3.05) is 26.9 Å². The van der Waals surface area contributed by atoms with Crippen molar-refractivity contribution in [1.29, 1.82) is 0 Å². The molecular weight excluding hydrogens is 288 g/mol. The summed E-state index contributed by atoms with van der Waals surface area (Å²) in [5.41, 5.74) is -0.714. The molecule has 0 rings (SSSR count). The number of carbonyl (C=O) groups is 1. The molecule has 0 saturated carbocycles. The van der Waals surface area contributed by atoms with Crippen molar-refractivity contribution in [3.05, 3.63) is 0 Å². The Morgan fingerprint density at radius 1 is 1.14 bits per heavy atom. The van der Waals surface area contributed by atoms with Gasteiger partial charge >= 0.3 is 5.97 Å². The van der Waals surface area contributed by atoms with Gasteiger partial charge in [-0.25, -0.2) is 0 Å². The fourth-order valence-electron chi connectivity index (χ4n) is 1.35. The van der Waals surface area contributed by atoms with Crippen LogP contribution in [0.25, 0.3) is 0 Å². The number of hydrogen-bond donors (Lipinski definition) is 1. The summed E-state index contributed by atoms with van der Waals surface area (Å²) in [5.74, 6) is -0.325. The Hall–Kier alpha value is -0.433. The molecule has 0 aliphatic carbocycles. The summed E-state index contributed by atoms with van der Waals surface area (Å²) < 4.78 is 16.0. The van der Waals surface area contributed by atoms with Gasteiger partial charge in [-0.05, 0) is 32.0 Å². The lowest BCUT2D eigenvalue weighted by atomic mass is 9.95. The van der Waals surface area contributed by atoms with Gasteiger partial charge in [-0.2, -0.15) is 0 Å². The third-order valence-corrected chi connectivity index (χ3v) is 8.45. The Morgan fingerprint density at radius 2 is 1.67 bits per heavy atom. The van der Waals surface area contributed by atoms with Crippen LogP contribution in [0, 0.1) is 5.41 Å². The Bertz CT molecular complexity index is 333. The van der Waals surface area contributed by atoms with E-state index in [4.69, 9.17) is 13.9 Å². The molecule has 0 fully saturated rings. The van der Waals surface area contributed by atoms with Crippen molar-refractivity contribution in [2.45, 2.75) is 58.9 Å². The van der Waals surface area contributed by atoms with E-state index in [0.717, 1.165) is 0 Å². The molecular formula is C15H32O5Si.